The fourth-order valence-corrected chi connectivity index (χ4v) is 2.38. The number of rotatable bonds is 8. The van der Waals surface area contributed by atoms with Gasteiger partial charge in [-0.05, 0) is 26.8 Å². The Labute approximate surface area is 96.5 Å². The molecule has 0 heterocycles. The quantitative estimate of drug-likeness (QED) is 0.519. The normalized spacial score (nSPS) is 12.7. The van der Waals surface area contributed by atoms with Crippen molar-refractivity contribution in [3.8, 4) is 0 Å². The molecule has 0 saturated heterocycles. The Morgan fingerprint density at radius 1 is 1.38 bits per heavy atom. The highest BCUT2D eigenvalue weighted by molar-refractivity contribution is 7.88. The van der Waals surface area contributed by atoms with Gasteiger partial charge in [0.1, 0.15) is 0 Å². The van der Waals surface area contributed by atoms with Crippen LogP contribution < -0.4 is 10.0 Å². The monoisotopic (exact) mass is 252 g/mol. The predicted octanol–water partition coefficient (Wildman–Crippen LogP) is -0.231. The largest absolute Gasteiger partial charge is 0.481 e. The Kier molecular flexibility index (Phi) is 5.91. The standard InChI is InChI=1S/C9H20N2O4S/c1-9(2,11-16(3,14)15)7-10-6-4-5-8(12)13/h10-11H,4-7H2,1-3H3,(H,12,13). The van der Waals surface area contributed by atoms with Gasteiger partial charge in [-0.2, -0.15) is 0 Å². The molecule has 0 atom stereocenters. The third-order valence-corrected chi connectivity index (χ3v) is 2.70. The maximum absolute atomic E-state index is 11.0. The molecule has 0 spiro atoms. The van der Waals surface area contributed by atoms with E-state index in [-0.39, 0.29) is 6.42 Å². The van der Waals surface area contributed by atoms with E-state index in [4.69, 9.17) is 5.11 Å². The summed E-state index contributed by atoms with van der Waals surface area (Å²) in [5.41, 5.74) is -0.573. The van der Waals surface area contributed by atoms with Crippen molar-refractivity contribution in [2.75, 3.05) is 19.3 Å². The van der Waals surface area contributed by atoms with Crippen LogP contribution in [0.5, 0.6) is 0 Å². The number of hydrogen-bond donors (Lipinski definition) is 3. The van der Waals surface area contributed by atoms with Gasteiger partial charge in [0.2, 0.25) is 10.0 Å². The van der Waals surface area contributed by atoms with Crippen molar-refractivity contribution in [2.45, 2.75) is 32.2 Å². The molecule has 0 rings (SSSR count). The summed E-state index contributed by atoms with van der Waals surface area (Å²) < 4.78 is 24.5. The predicted molar refractivity (Wildman–Crippen MR) is 61.8 cm³/mol. The first kappa shape index (κ1) is 15.3. The molecule has 96 valence electrons. The lowest BCUT2D eigenvalue weighted by molar-refractivity contribution is -0.137. The fraction of sp³-hybridized carbons (Fsp3) is 0.889. The number of hydrogen-bond acceptors (Lipinski definition) is 4. The number of nitrogens with one attached hydrogen (secondary N) is 2. The molecule has 0 aliphatic rings. The Morgan fingerprint density at radius 2 is 1.94 bits per heavy atom. The SMILES string of the molecule is CC(C)(CNCCCC(=O)O)NS(C)(=O)=O. The average Bonchev–Trinajstić information content (AvgIpc) is 1.97. The molecule has 0 aliphatic heterocycles. The minimum Gasteiger partial charge on any atom is -0.481 e. The maximum Gasteiger partial charge on any atom is 0.303 e. The van der Waals surface area contributed by atoms with Crippen LogP contribution in [0.4, 0.5) is 0 Å². The van der Waals surface area contributed by atoms with Crippen LogP contribution in [0.1, 0.15) is 26.7 Å². The van der Waals surface area contributed by atoms with Crippen LogP contribution in [0.25, 0.3) is 0 Å². The van der Waals surface area contributed by atoms with Gasteiger partial charge in [-0.15, -0.1) is 0 Å². The van der Waals surface area contributed by atoms with Gasteiger partial charge >= 0.3 is 5.97 Å². The molecule has 0 fully saturated rings. The van der Waals surface area contributed by atoms with Crippen molar-refractivity contribution >= 4 is 16.0 Å². The smallest absolute Gasteiger partial charge is 0.303 e. The van der Waals surface area contributed by atoms with E-state index in [9.17, 15) is 13.2 Å². The first-order valence-corrected chi connectivity index (χ1v) is 6.93. The van der Waals surface area contributed by atoms with Crippen LogP contribution in [-0.2, 0) is 14.8 Å². The third kappa shape index (κ3) is 9.88. The zero-order valence-corrected chi connectivity index (χ0v) is 10.7. The molecule has 3 N–H and O–H groups in total. The Balaban J connectivity index is 3.79. The zero-order chi connectivity index (χ0) is 12.8. The molecule has 0 bridgehead atoms. The van der Waals surface area contributed by atoms with E-state index in [0.29, 0.717) is 19.5 Å². The molecule has 7 heteroatoms. The Bertz CT molecular complexity index is 324. The van der Waals surface area contributed by atoms with Crippen LogP contribution in [-0.4, -0.2) is 44.4 Å². The molecule has 0 aliphatic carbocycles. The van der Waals surface area contributed by atoms with Crippen molar-refractivity contribution in [1.82, 2.24) is 10.0 Å². The summed E-state index contributed by atoms with van der Waals surface area (Å²) in [4.78, 5) is 10.2. The highest BCUT2D eigenvalue weighted by atomic mass is 32.2. The molecule has 0 aromatic carbocycles. The Hall–Kier alpha value is -0.660. The zero-order valence-electron chi connectivity index (χ0n) is 9.91. The van der Waals surface area contributed by atoms with E-state index in [2.05, 4.69) is 10.0 Å². The van der Waals surface area contributed by atoms with Crippen LogP contribution in [0.15, 0.2) is 0 Å². The first-order chi connectivity index (χ1) is 7.12. The van der Waals surface area contributed by atoms with Gasteiger partial charge < -0.3 is 10.4 Å². The lowest BCUT2D eigenvalue weighted by Gasteiger charge is -2.25. The third-order valence-electron chi connectivity index (χ3n) is 1.77. The van der Waals surface area contributed by atoms with E-state index in [0.717, 1.165) is 6.26 Å². The molecule has 0 amide bonds. The summed E-state index contributed by atoms with van der Waals surface area (Å²) in [6.07, 6.45) is 1.76. The van der Waals surface area contributed by atoms with Gasteiger partial charge in [-0.1, -0.05) is 0 Å². The van der Waals surface area contributed by atoms with E-state index >= 15 is 0 Å². The second kappa shape index (κ2) is 6.17. The van der Waals surface area contributed by atoms with Crippen molar-refractivity contribution in [3.63, 3.8) is 0 Å². The molecule has 16 heavy (non-hydrogen) atoms. The molecule has 0 unspecified atom stereocenters. The van der Waals surface area contributed by atoms with E-state index < -0.39 is 21.5 Å². The van der Waals surface area contributed by atoms with Crippen LogP contribution in [0.2, 0.25) is 0 Å². The molecule has 0 radical (unpaired) electrons. The minimum absolute atomic E-state index is 0.118. The average molecular weight is 252 g/mol. The van der Waals surface area contributed by atoms with Crippen LogP contribution in [0, 0.1) is 0 Å². The lowest BCUT2D eigenvalue weighted by Crippen LogP contribution is -2.50. The number of aliphatic carboxylic acids is 1. The first-order valence-electron chi connectivity index (χ1n) is 5.04. The van der Waals surface area contributed by atoms with Crippen LogP contribution >= 0.6 is 0 Å². The summed E-state index contributed by atoms with van der Waals surface area (Å²) in [7, 11) is -3.22. The molecule has 0 aromatic rings. The lowest BCUT2D eigenvalue weighted by atomic mass is 10.1. The van der Waals surface area contributed by atoms with E-state index in [1.54, 1.807) is 13.8 Å². The van der Waals surface area contributed by atoms with Gasteiger partial charge in [0, 0.05) is 18.5 Å². The summed E-state index contributed by atoms with van der Waals surface area (Å²) >= 11 is 0. The second-order valence-electron chi connectivity index (χ2n) is 4.43. The number of carboxylic acid groups (broad SMARTS) is 1. The summed E-state index contributed by atoms with van der Waals surface area (Å²) in [6.45, 7) is 4.54. The highest BCUT2D eigenvalue weighted by Gasteiger charge is 2.21. The van der Waals surface area contributed by atoms with Gasteiger partial charge in [0.15, 0.2) is 0 Å². The van der Waals surface area contributed by atoms with E-state index in [1.807, 2.05) is 0 Å². The minimum atomic E-state index is -3.22. The summed E-state index contributed by atoms with van der Waals surface area (Å²) in [6, 6.07) is 0. The summed E-state index contributed by atoms with van der Waals surface area (Å²) in [5.74, 6) is -0.824. The molecular formula is C9H20N2O4S. The number of carboxylic acids is 1. The maximum atomic E-state index is 11.0. The second-order valence-corrected chi connectivity index (χ2v) is 6.18. The fourth-order valence-electron chi connectivity index (χ4n) is 1.30. The summed E-state index contributed by atoms with van der Waals surface area (Å²) in [5, 5.41) is 11.4. The highest BCUT2D eigenvalue weighted by Crippen LogP contribution is 2.01. The van der Waals surface area contributed by atoms with Crippen LogP contribution in [0.3, 0.4) is 0 Å². The van der Waals surface area contributed by atoms with Crippen molar-refractivity contribution < 1.29 is 18.3 Å². The number of carbonyl (C=O) groups is 1. The van der Waals surface area contributed by atoms with Crippen molar-refractivity contribution in [3.05, 3.63) is 0 Å². The molecule has 6 nitrogen and oxygen atoms in total. The molecular weight excluding hydrogens is 232 g/mol. The van der Waals surface area contributed by atoms with Gasteiger partial charge in [0.25, 0.3) is 0 Å². The molecule has 0 saturated carbocycles. The van der Waals surface area contributed by atoms with Crippen molar-refractivity contribution in [1.29, 1.82) is 0 Å². The Morgan fingerprint density at radius 3 is 2.38 bits per heavy atom. The van der Waals surface area contributed by atoms with Crippen molar-refractivity contribution in [2.24, 2.45) is 0 Å². The van der Waals surface area contributed by atoms with E-state index in [1.165, 1.54) is 0 Å². The van der Waals surface area contributed by atoms with Gasteiger partial charge in [-0.25, -0.2) is 13.1 Å². The topological polar surface area (TPSA) is 95.5 Å². The molecule has 0 aromatic heterocycles. The number of sulfonamides is 1. The van der Waals surface area contributed by atoms with Gasteiger partial charge in [-0.3, -0.25) is 4.79 Å². The van der Waals surface area contributed by atoms with Gasteiger partial charge in [0.05, 0.1) is 6.26 Å².